The molecule has 4 rings (SSSR count). The molecule has 3 aromatic rings. The summed E-state index contributed by atoms with van der Waals surface area (Å²) in [5.74, 6) is 0.778. The zero-order chi connectivity index (χ0) is 23.5. The molecule has 1 amide bonds. The molecule has 174 valence electrons. The van der Waals surface area contributed by atoms with Crippen LogP contribution in [0.5, 0.6) is 0 Å². The molecule has 0 spiro atoms. The second kappa shape index (κ2) is 10.2. The quantitative estimate of drug-likeness (QED) is 0.411. The number of rotatable bonds is 5. The van der Waals surface area contributed by atoms with Crippen LogP contribution in [0.15, 0.2) is 42.5 Å². The Bertz CT molecular complexity index is 1140. The van der Waals surface area contributed by atoms with Gasteiger partial charge in [0.25, 0.3) is 0 Å². The molecule has 1 N–H and O–H groups in total. The number of halogens is 3. The van der Waals surface area contributed by atoms with Crippen LogP contribution in [0.4, 0.5) is 10.6 Å². The van der Waals surface area contributed by atoms with Crippen LogP contribution in [0.3, 0.4) is 0 Å². The summed E-state index contributed by atoms with van der Waals surface area (Å²) in [5, 5.41) is 10.2. The number of benzene rings is 2. The average molecular weight is 508 g/mol. The van der Waals surface area contributed by atoms with E-state index in [1.165, 1.54) is 0 Å². The molecule has 2 heterocycles. The third-order valence-electron chi connectivity index (χ3n) is 5.74. The summed E-state index contributed by atoms with van der Waals surface area (Å²) in [7, 11) is 0. The molecular formula is C24H25Cl3N4O2. The summed E-state index contributed by atoms with van der Waals surface area (Å²) in [6.07, 6.45) is 1.37. The molecule has 0 atom stereocenters. The Labute approximate surface area is 208 Å². The Kier molecular flexibility index (Phi) is 7.37. The van der Waals surface area contributed by atoms with E-state index in [1.807, 2.05) is 48.9 Å². The topological polar surface area (TPSA) is 59.4 Å². The number of likely N-dealkylation sites (tertiary alicyclic amines) is 1. The number of carbonyl (C=O) groups excluding carboxylic acids is 1. The van der Waals surface area contributed by atoms with Crippen molar-refractivity contribution >= 4 is 46.7 Å². The van der Waals surface area contributed by atoms with E-state index in [2.05, 4.69) is 5.32 Å². The van der Waals surface area contributed by atoms with E-state index in [0.717, 1.165) is 41.2 Å². The zero-order valence-electron chi connectivity index (χ0n) is 18.4. The molecular weight excluding hydrogens is 483 g/mol. The molecule has 0 unspecified atom stereocenters. The minimum absolute atomic E-state index is 0.191. The lowest BCUT2D eigenvalue weighted by Crippen LogP contribution is -2.42. The summed E-state index contributed by atoms with van der Waals surface area (Å²) in [6, 6.07) is 13.2. The molecule has 1 aliphatic heterocycles. The number of carbonyl (C=O) groups is 1. The highest BCUT2D eigenvalue weighted by Crippen LogP contribution is 2.35. The number of anilines is 1. The van der Waals surface area contributed by atoms with Crippen LogP contribution in [0.2, 0.25) is 15.1 Å². The first-order valence-electron chi connectivity index (χ1n) is 10.9. The van der Waals surface area contributed by atoms with Gasteiger partial charge in [-0.25, -0.2) is 9.48 Å². The minimum Gasteiger partial charge on any atom is -0.450 e. The Morgan fingerprint density at radius 1 is 1.09 bits per heavy atom. The predicted octanol–water partition coefficient (Wildman–Crippen LogP) is 6.84. The molecule has 33 heavy (non-hydrogen) atoms. The van der Waals surface area contributed by atoms with E-state index in [9.17, 15) is 4.79 Å². The second-order valence-electron chi connectivity index (χ2n) is 7.94. The summed E-state index contributed by atoms with van der Waals surface area (Å²) in [6.45, 7) is 5.52. The fourth-order valence-electron chi connectivity index (χ4n) is 4.02. The lowest BCUT2D eigenvalue weighted by molar-refractivity contribution is 0.0983. The van der Waals surface area contributed by atoms with Gasteiger partial charge in [-0.15, -0.1) is 5.10 Å². The Morgan fingerprint density at radius 2 is 1.76 bits per heavy atom. The third-order valence-corrected chi connectivity index (χ3v) is 6.53. The number of nitrogens with zero attached hydrogens (tertiary/aromatic N) is 3. The van der Waals surface area contributed by atoms with Crippen LogP contribution in [0.25, 0.3) is 16.9 Å². The van der Waals surface area contributed by atoms with E-state index in [0.29, 0.717) is 34.8 Å². The molecule has 2 aromatic carbocycles. The van der Waals surface area contributed by atoms with Gasteiger partial charge in [-0.05, 0) is 57.0 Å². The predicted molar refractivity (Wildman–Crippen MR) is 134 cm³/mol. The van der Waals surface area contributed by atoms with Crippen molar-refractivity contribution in [1.29, 1.82) is 0 Å². The molecule has 9 heteroatoms. The van der Waals surface area contributed by atoms with Crippen molar-refractivity contribution in [2.75, 3.05) is 25.0 Å². The van der Waals surface area contributed by atoms with Crippen molar-refractivity contribution in [1.82, 2.24) is 14.7 Å². The van der Waals surface area contributed by atoms with Crippen molar-refractivity contribution in [3.8, 4) is 16.9 Å². The Morgan fingerprint density at radius 3 is 2.39 bits per heavy atom. The van der Waals surface area contributed by atoms with E-state index in [4.69, 9.17) is 44.6 Å². The largest absolute Gasteiger partial charge is 0.450 e. The molecule has 1 fully saturated rings. The molecule has 1 aliphatic rings. The van der Waals surface area contributed by atoms with Gasteiger partial charge in [-0.1, -0.05) is 46.9 Å². The highest BCUT2D eigenvalue weighted by Gasteiger charge is 2.26. The average Bonchev–Trinajstić information content (AvgIpc) is 3.10. The van der Waals surface area contributed by atoms with Gasteiger partial charge in [0.2, 0.25) is 0 Å². The number of aromatic nitrogens is 2. The maximum atomic E-state index is 12.0. The van der Waals surface area contributed by atoms with Gasteiger partial charge in [0.15, 0.2) is 5.82 Å². The van der Waals surface area contributed by atoms with Crippen molar-refractivity contribution in [3.05, 3.63) is 63.1 Å². The number of ether oxygens (including phenoxy) is 1. The van der Waals surface area contributed by atoms with Gasteiger partial charge in [-0.2, -0.15) is 0 Å². The molecule has 0 bridgehead atoms. The number of hydrogen-bond donors (Lipinski definition) is 1. The molecule has 1 aromatic heterocycles. The monoisotopic (exact) mass is 506 g/mol. The van der Waals surface area contributed by atoms with E-state index in [1.54, 1.807) is 17.0 Å². The summed E-state index contributed by atoms with van der Waals surface area (Å²) < 4.78 is 6.96. The number of hydrogen-bond acceptors (Lipinski definition) is 4. The van der Waals surface area contributed by atoms with Crippen LogP contribution in [-0.4, -0.2) is 46.5 Å². The minimum atomic E-state index is -0.251. The number of piperidine rings is 1. The van der Waals surface area contributed by atoms with Crippen LogP contribution in [-0.2, 0) is 4.74 Å². The maximum Gasteiger partial charge on any atom is 0.409 e. The lowest BCUT2D eigenvalue weighted by Gasteiger charge is -2.31. The maximum absolute atomic E-state index is 12.0. The fraction of sp³-hybridized carbons (Fsp3) is 0.333. The Balaban J connectivity index is 1.64. The van der Waals surface area contributed by atoms with Gasteiger partial charge >= 0.3 is 6.09 Å². The van der Waals surface area contributed by atoms with Crippen LogP contribution < -0.4 is 5.32 Å². The molecule has 6 nitrogen and oxygen atoms in total. The Hall–Kier alpha value is -2.41. The van der Waals surface area contributed by atoms with E-state index < -0.39 is 0 Å². The molecule has 0 saturated carbocycles. The van der Waals surface area contributed by atoms with Crippen molar-refractivity contribution in [2.24, 2.45) is 0 Å². The van der Waals surface area contributed by atoms with Gasteiger partial charge < -0.3 is 15.0 Å². The molecule has 0 aliphatic carbocycles. The SMILES string of the molecule is CCOC(=O)N1CCC(Nc2nn(-c3ccc(Cl)cc3Cl)c(-c3ccc(Cl)cc3)c2C)CC1. The van der Waals surface area contributed by atoms with Gasteiger partial charge in [-0.3, -0.25) is 0 Å². The van der Waals surface area contributed by atoms with Crippen molar-refractivity contribution < 1.29 is 9.53 Å². The highest BCUT2D eigenvalue weighted by atomic mass is 35.5. The van der Waals surface area contributed by atoms with Gasteiger partial charge in [0.1, 0.15) is 0 Å². The number of amides is 1. The zero-order valence-corrected chi connectivity index (χ0v) is 20.7. The van der Waals surface area contributed by atoms with E-state index in [-0.39, 0.29) is 12.1 Å². The number of nitrogens with one attached hydrogen (secondary N) is 1. The molecule has 1 saturated heterocycles. The fourth-order valence-corrected chi connectivity index (χ4v) is 4.64. The van der Waals surface area contributed by atoms with Gasteiger partial charge in [0.05, 0.1) is 23.0 Å². The van der Waals surface area contributed by atoms with Crippen LogP contribution in [0.1, 0.15) is 25.3 Å². The first-order chi connectivity index (χ1) is 15.9. The first-order valence-corrected chi connectivity index (χ1v) is 12.0. The summed E-state index contributed by atoms with van der Waals surface area (Å²) in [5.41, 5.74) is 3.62. The summed E-state index contributed by atoms with van der Waals surface area (Å²) in [4.78, 5) is 13.7. The normalized spacial score (nSPS) is 14.4. The standard InChI is InChI=1S/C24H25Cl3N4O2/c1-3-33-24(32)30-12-10-19(11-13-30)28-23-15(2)22(16-4-6-17(25)7-5-16)31(29-23)21-9-8-18(26)14-20(21)27/h4-9,14,19H,3,10-13H2,1-2H3,(H,28,29). The van der Waals surface area contributed by atoms with Gasteiger partial charge in [0, 0.05) is 40.3 Å². The first kappa shape index (κ1) is 23.7. The molecule has 0 radical (unpaired) electrons. The smallest absolute Gasteiger partial charge is 0.409 e. The van der Waals surface area contributed by atoms with Crippen molar-refractivity contribution in [3.63, 3.8) is 0 Å². The summed E-state index contributed by atoms with van der Waals surface area (Å²) >= 11 is 18.8. The highest BCUT2D eigenvalue weighted by molar-refractivity contribution is 6.35. The van der Waals surface area contributed by atoms with Crippen molar-refractivity contribution in [2.45, 2.75) is 32.7 Å². The van der Waals surface area contributed by atoms with Crippen LogP contribution in [0, 0.1) is 6.92 Å². The van der Waals surface area contributed by atoms with E-state index >= 15 is 0 Å². The second-order valence-corrected chi connectivity index (χ2v) is 9.22. The third kappa shape index (κ3) is 5.24. The lowest BCUT2D eigenvalue weighted by atomic mass is 10.0. The van der Waals surface area contributed by atoms with Crippen LogP contribution >= 0.6 is 34.8 Å².